The van der Waals surface area contributed by atoms with Gasteiger partial charge in [0.15, 0.2) is 11.6 Å². The fourth-order valence-corrected chi connectivity index (χ4v) is 2.09. The number of hydrogen-bond acceptors (Lipinski definition) is 3. The molecule has 0 bridgehead atoms. The van der Waals surface area contributed by atoms with Crippen LogP contribution in [0.4, 0.5) is 4.39 Å². The quantitative estimate of drug-likeness (QED) is 0.939. The third-order valence-corrected chi connectivity index (χ3v) is 4.07. The van der Waals surface area contributed by atoms with Crippen LogP contribution in [0.25, 0.3) is 5.82 Å². The molecule has 0 amide bonds. The molecule has 0 atom stereocenters. The molecule has 6 heteroatoms. The van der Waals surface area contributed by atoms with Crippen LogP contribution in [0.3, 0.4) is 0 Å². The molecule has 2 aromatic heterocycles. The molecule has 0 aliphatic rings. The predicted molar refractivity (Wildman–Crippen MR) is 75.9 cm³/mol. The van der Waals surface area contributed by atoms with E-state index in [4.69, 9.17) is 0 Å². The Morgan fingerprint density at radius 2 is 2.16 bits per heavy atom. The van der Waals surface area contributed by atoms with E-state index in [1.165, 1.54) is 4.68 Å². The monoisotopic (exact) mass is 326 g/mol. The Morgan fingerprint density at radius 3 is 2.74 bits per heavy atom. The van der Waals surface area contributed by atoms with Crippen molar-refractivity contribution >= 4 is 15.9 Å². The molecule has 0 saturated carbocycles. The van der Waals surface area contributed by atoms with E-state index in [0.717, 1.165) is 22.4 Å². The van der Waals surface area contributed by atoms with Crippen molar-refractivity contribution in [2.45, 2.75) is 27.3 Å². The smallest absolute Gasteiger partial charge is 0.190 e. The molecule has 2 heterocycles. The first kappa shape index (κ1) is 14.1. The van der Waals surface area contributed by atoms with E-state index in [1.807, 2.05) is 20.8 Å². The third kappa shape index (κ3) is 2.69. The second-order valence-corrected chi connectivity index (χ2v) is 5.08. The van der Waals surface area contributed by atoms with Gasteiger partial charge in [0.25, 0.3) is 0 Å². The van der Waals surface area contributed by atoms with Crippen molar-refractivity contribution in [2.24, 2.45) is 0 Å². The summed E-state index contributed by atoms with van der Waals surface area (Å²) in [6, 6.07) is 1.68. The summed E-state index contributed by atoms with van der Waals surface area (Å²) in [6.07, 6.45) is 1.61. The van der Waals surface area contributed by atoms with Crippen LogP contribution in [-0.4, -0.2) is 21.3 Å². The molecule has 4 nitrogen and oxygen atoms in total. The Morgan fingerprint density at radius 1 is 1.42 bits per heavy atom. The maximum absolute atomic E-state index is 14.4. The first-order valence-corrected chi connectivity index (χ1v) is 6.91. The number of pyridine rings is 1. The Kier molecular flexibility index (Phi) is 4.31. The summed E-state index contributed by atoms with van der Waals surface area (Å²) in [6.45, 7) is 7.01. The average Bonchev–Trinajstić information content (AvgIpc) is 2.65. The van der Waals surface area contributed by atoms with Gasteiger partial charge in [-0.1, -0.05) is 6.92 Å². The summed E-state index contributed by atoms with van der Waals surface area (Å²) >= 11 is 3.44. The zero-order valence-corrected chi connectivity index (χ0v) is 12.8. The van der Waals surface area contributed by atoms with Gasteiger partial charge in [-0.2, -0.15) is 5.10 Å². The van der Waals surface area contributed by atoms with Gasteiger partial charge in [0.05, 0.1) is 15.9 Å². The van der Waals surface area contributed by atoms with E-state index < -0.39 is 0 Å². The van der Waals surface area contributed by atoms with Crippen molar-refractivity contribution in [1.82, 2.24) is 20.1 Å². The Balaban J connectivity index is 2.47. The molecular formula is C13H16BrFN4. The third-order valence-electron chi connectivity index (χ3n) is 2.92. The van der Waals surface area contributed by atoms with Crippen LogP contribution in [0.5, 0.6) is 0 Å². The number of nitrogens with zero attached hydrogens (tertiary/aromatic N) is 3. The largest absolute Gasteiger partial charge is 0.313 e. The molecule has 0 spiro atoms. The average molecular weight is 327 g/mol. The first-order valence-electron chi connectivity index (χ1n) is 6.12. The van der Waals surface area contributed by atoms with Crippen molar-refractivity contribution in [1.29, 1.82) is 0 Å². The highest BCUT2D eigenvalue weighted by molar-refractivity contribution is 9.10. The van der Waals surface area contributed by atoms with E-state index in [9.17, 15) is 4.39 Å². The van der Waals surface area contributed by atoms with Crippen LogP contribution < -0.4 is 5.32 Å². The zero-order valence-electron chi connectivity index (χ0n) is 11.2. The van der Waals surface area contributed by atoms with Crippen molar-refractivity contribution in [3.63, 3.8) is 0 Å². The van der Waals surface area contributed by atoms with Gasteiger partial charge in [-0.15, -0.1) is 0 Å². The van der Waals surface area contributed by atoms with E-state index in [-0.39, 0.29) is 11.6 Å². The highest BCUT2D eigenvalue weighted by atomic mass is 79.9. The van der Waals surface area contributed by atoms with E-state index in [1.54, 1.807) is 12.3 Å². The molecule has 19 heavy (non-hydrogen) atoms. The lowest BCUT2D eigenvalue weighted by Gasteiger charge is -2.09. The van der Waals surface area contributed by atoms with E-state index in [2.05, 4.69) is 31.3 Å². The van der Waals surface area contributed by atoms with Crippen molar-refractivity contribution < 1.29 is 4.39 Å². The van der Waals surface area contributed by atoms with Crippen LogP contribution in [0.2, 0.25) is 0 Å². The highest BCUT2D eigenvalue weighted by Crippen LogP contribution is 2.24. The summed E-state index contributed by atoms with van der Waals surface area (Å²) in [4.78, 5) is 4.11. The second kappa shape index (κ2) is 5.79. The summed E-state index contributed by atoms with van der Waals surface area (Å²) in [7, 11) is 0. The van der Waals surface area contributed by atoms with Gasteiger partial charge in [-0.3, -0.25) is 0 Å². The van der Waals surface area contributed by atoms with Gasteiger partial charge in [-0.05, 0) is 42.4 Å². The second-order valence-electron chi connectivity index (χ2n) is 4.28. The van der Waals surface area contributed by atoms with Gasteiger partial charge < -0.3 is 5.32 Å². The Labute approximate surface area is 120 Å². The summed E-state index contributed by atoms with van der Waals surface area (Å²) in [5, 5.41) is 7.42. The van der Waals surface area contributed by atoms with Gasteiger partial charge in [0.2, 0.25) is 0 Å². The van der Waals surface area contributed by atoms with Crippen molar-refractivity contribution in [2.75, 3.05) is 6.54 Å². The Bertz CT molecular complexity index is 595. The molecule has 2 rings (SSSR count). The minimum Gasteiger partial charge on any atom is -0.313 e. The number of halogens is 2. The molecule has 0 saturated heterocycles. The van der Waals surface area contributed by atoms with Crippen molar-refractivity contribution in [3.8, 4) is 5.82 Å². The predicted octanol–water partition coefficient (Wildman–Crippen LogP) is 2.90. The normalized spacial score (nSPS) is 11.0. The standard InChI is InChI=1S/C13H16BrFN4/c1-4-16-7-10-5-6-17-13(12(10)15)19-9(3)11(14)8(2)18-19/h5-6,16H,4,7H2,1-3H3. The van der Waals surface area contributed by atoms with Crippen molar-refractivity contribution in [3.05, 3.63) is 39.5 Å². The molecule has 2 aromatic rings. The maximum Gasteiger partial charge on any atom is 0.190 e. The van der Waals surface area contributed by atoms with Crippen LogP contribution in [0, 0.1) is 19.7 Å². The lowest BCUT2D eigenvalue weighted by atomic mass is 10.2. The van der Waals surface area contributed by atoms with E-state index >= 15 is 0 Å². The lowest BCUT2D eigenvalue weighted by molar-refractivity contribution is 0.569. The van der Waals surface area contributed by atoms with Gasteiger partial charge in [-0.25, -0.2) is 14.1 Å². The molecular weight excluding hydrogens is 311 g/mol. The van der Waals surface area contributed by atoms with Gasteiger partial charge in [0.1, 0.15) is 0 Å². The van der Waals surface area contributed by atoms with Gasteiger partial charge in [0, 0.05) is 18.3 Å². The molecule has 1 N–H and O–H groups in total. The van der Waals surface area contributed by atoms with E-state index in [0.29, 0.717) is 12.1 Å². The topological polar surface area (TPSA) is 42.7 Å². The number of nitrogens with one attached hydrogen (secondary N) is 1. The fourth-order valence-electron chi connectivity index (χ4n) is 1.85. The Hall–Kier alpha value is -1.27. The van der Waals surface area contributed by atoms with Crippen LogP contribution in [0.1, 0.15) is 23.9 Å². The highest BCUT2D eigenvalue weighted by Gasteiger charge is 2.16. The molecule has 0 radical (unpaired) electrons. The molecule has 0 aliphatic heterocycles. The minimum atomic E-state index is -0.332. The summed E-state index contributed by atoms with van der Waals surface area (Å²) in [5.41, 5.74) is 2.25. The summed E-state index contributed by atoms with van der Waals surface area (Å²) in [5.74, 6) is -0.0942. The van der Waals surface area contributed by atoms with Gasteiger partial charge >= 0.3 is 0 Å². The molecule has 0 aliphatic carbocycles. The number of rotatable bonds is 4. The van der Waals surface area contributed by atoms with Crippen LogP contribution in [-0.2, 0) is 6.54 Å². The minimum absolute atomic E-state index is 0.238. The lowest BCUT2D eigenvalue weighted by Crippen LogP contribution is -2.15. The first-order chi connectivity index (χ1) is 9.06. The zero-order chi connectivity index (χ0) is 14.0. The molecule has 0 aromatic carbocycles. The van der Waals surface area contributed by atoms with Crippen LogP contribution in [0.15, 0.2) is 16.7 Å². The molecule has 102 valence electrons. The molecule has 0 fully saturated rings. The molecule has 0 unspecified atom stereocenters. The van der Waals surface area contributed by atoms with Crippen LogP contribution >= 0.6 is 15.9 Å². The number of hydrogen-bond donors (Lipinski definition) is 1. The maximum atomic E-state index is 14.4. The number of aromatic nitrogens is 3. The fraction of sp³-hybridized carbons (Fsp3) is 0.385. The SMILES string of the molecule is CCNCc1ccnc(-n2nc(C)c(Br)c2C)c1F. The number of aryl methyl sites for hydroxylation is 1. The summed E-state index contributed by atoms with van der Waals surface area (Å²) < 4.78 is 16.8.